The minimum absolute atomic E-state index is 0.0862. The Morgan fingerprint density at radius 3 is 2.57 bits per heavy atom. The van der Waals surface area contributed by atoms with Crippen LogP contribution in [-0.2, 0) is 0 Å². The number of aromatic nitrogens is 1. The third kappa shape index (κ3) is 1.81. The Morgan fingerprint density at radius 2 is 2.14 bits per heavy atom. The lowest BCUT2D eigenvalue weighted by atomic mass is 10.2. The van der Waals surface area contributed by atoms with Gasteiger partial charge in [-0.15, -0.1) is 0 Å². The average molecular weight is 206 g/mol. The van der Waals surface area contributed by atoms with Gasteiger partial charge >= 0.3 is 12.2 Å². The van der Waals surface area contributed by atoms with Gasteiger partial charge in [0.25, 0.3) is 5.69 Å². The molecule has 0 saturated heterocycles. The average Bonchev–Trinajstić information content (AvgIpc) is 2.02. The summed E-state index contributed by atoms with van der Waals surface area (Å²) in [5.41, 5.74) is -1.28. The van der Waals surface area contributed by atoms with E-state index in [9.17, 15) is 23.3 Å². The summed E-state index contributed by atoms with van der Waals surface area (Å²) in [7, 11) is 0. The maximum absolute atomic E-state index is 12.8. The second kappa shape index (κ2) is 3.60. The topological polar surface area (TPSA) is 56.0 Å². The highest BCUT2D eigenvalue weighted by Gasteiger charge is 2.25. The SMILES string of the molecule is Cc1cc(F)c(C(F)F)nc1[N+](=O)[O-]. The molecule has 0 N–H and O–H groups in total. The van der Waals surface area contributed by atoms with E-state index in [2.05, 4.69) is 4.98 Å². The normalized spacial score (nSPS) is 10.6. The van der Waals surface area contributed by atoms with Crippen molar-refractivity contribution in [2.45, 2.75) is 13.3 Å². The summed E-state index contributed by atoms with van der Waals surface area (Å²) in [6.07, 6.45) is -3.16. The maximum Gasteiger partial charge on any atom is 0.367 e. The molecule has 0 aliphatic carbocycles. The van der Waals surface area contributed by atoms with Crippen molar-refractivity contribution in [2.24, 2.45) is 0 Å². The molecule has 76 valence electrons. The van der Waals surface area contributed by atoms with Crippen molar-refractivity contribution >= 4 is 5.82 Å². The van der Waals surface area contributed by atoms with Crippen LogP contribution in [-0.4, -0.2) is 9.91 Å². The molecule has 0 saturated carbocycles. The number of hydrogen-bond donors (Lipinski definition) is 0. The van der Waals surface area contributed by atoms with Crippen molar-refractivity contribution in [1.82, 2.24) is 4.98 Å². The number of halogens is 3. The predicted molar refractivity (Wildman–Crippen MR) is 40.5 cm³/mol. The van der Waals surface area contributed by atoms with Gasteiger partial charge in [0.2, 0.25) is 0 Å². The molecule has 0 atom stereocenters. The standard InChI is InChI=1S/C7H5F3N2O2/c1-3-2-4(8)5(6(9)10)11-7(3)12(13)14/h2,6H,1H3. The Hall–Kier alpha value is -1.66. The maximum atomic E-state index is 12.8. The van der Waals surface area contributed by atoms with Gasteiger partial charge in [0, 0.05) is 5.56 Å². The monoisotopic (exact) mass is 206 g/mol. The molecule has 7 heteroatoms. The second-order valence-electron chi connectivity index (χ2n) is 2.55. The first-order chi connectivity index (χ1) is 6.43. The summed E-state index contributed by atoms with van der Waals surface area (Å²) in [5, 5.41) is 10.3. The Labute approximate surface area is 76.5 Å². The fraction of sp³-hybridized carbons (Fsp3) is 0.286. The van der Waals surface area contributed by atoms with Crippen molar-refractivity contribution in [3.63, 3.8) is 0 Å². The van der Waals surface area contributed by atoms with E-state index in [1.165, 1.54) is 6.92 Å². The van der Waals surface area contributed by atoms with Gasteiger partial charge < -0.3 is 10.1 Å². The summed E-state index contributed by atoms with van der Waals surface area (Å²) in [6, 6.07) is 0.673. The molecule has 0 fully saturated rings. The minimum Gasteiger partial charge on any atom is -0.358 e. The third-order valence-corrected chi connectivity index (χ3v) is 1.55. The zero-order valence-electron chi connectivity index (χ0n) is 7.00. The van der Waals surface area contributed by atoms with Gasteiger partial charge in [-0.3, -0.25) is 0 Å². The van der Waals surface area contributed by atoms with Gasteiger partial charge in [-0.2, -0.15) is 0 Å². The third-order valence-electron chi connectivity index (χ3n) is 1.55. The van der Waals surface area contributed by atoms with E-state index >= 15 is 0 Å². The fourth-order valence-electron chi connectivity index (χ4n) is 0.922. The fourth-order valence-corrected chi connectivity index (χ4v) is 0.922. The highest BCUT2D eigenvalue weighted by Crippen LogP contribution is 2.24. The molecule has 4 nitrogen and oxygen atoms in total. The van der Waals surface area contributed by atoms with Crippen molar-refractivity contribution in [3.05, 3.63) is 33.3 Å². The molecular formula is C7H5F3N2O2. The van der Waals surface area contributed by atoms with Crippen LogP contribution < -0.4 is 0 Å². The molecule has 0 spiro atoms. The molecule has 0 aliphatic heterocycles. The van der Waals surface area contributed by atoms with Crippen LogP contribution in [0.2, 0.25) is 0 Å². The number of hydrogen-bond acceptors (Lipinski definition) is 3. The zero-order chi connectivity index (χ0) is 10.9. The van der Waals surface area contributed by atoms with Gasteiger partial charge in [-0.25, -0.2) is 13.2 Å². The summed E-state index contributed by atoms with van der Waals surface area (Å²) < 4.78 is 36.9. The number of aryl methyl sites for hydroxylation is 1. The summed E-state index contributed by atoms with van der Waals surface area (Å²) in [5.74, 6) is -1.98. The smallest absolute Gasteiger partial charge is 0.358 e. The van der Waals surface area contributed by atoms with Gasteiger partial charge in [0.1, 0.15) is 0 Å². The van der Waals surface area contributed by atoms with Gasteiger partial charge in [0.15, 0.2) is 5.82 Å². The zero-order valence-corrected chi connectivity index (χ0v) is 7.00. The molecule has 0 aromatic carbocycles. The highest BCUT2D eigenvalue weighted by atomic mass is 19.3. The number of pyridine rings is 1. The van der Waals surface area contributed by atoms with E-state index in [1.807, 2.05) is 0 Å². The van der Waals surface area contributed by atoms with Gasteiger partial charge in [0.05, 0.1) is 0 Å². The quantitative estimate of drug-likeness (QED) is 0.551. The Bertz CT molecular complexity index is 381. The van der Waals surface area contributed by atoms with E-state index < -0.39 is 28.7 Å². The lowest BCUT2D eigenvalue weighted by Crippen LogP contribution is -2.02. The molecule has 14 heavy (non-hydrogen) atoms. The van der Waals surface area contributed by atoms with E-state index in [4.69, 9.17) is 0 Å². The lowest BCUT2D eigenvalue weighted by Gasteiger charge is -2.00. The van der Waals surface area contributed by atoms with Crippen LogP contribution in [0.4, 0.5) is 19.0 Å². The van der Waals surface area contributed by atoms with Crippen molar-refractivity contribution in [3.8, 4) is 0 Å². The van der Waals surface area contributed by atoms with Gasteiger partial charge in [-0.1, -0.05) is 0 Å². The molecule has 1 aromatic heterocycles. The Kier molecular flexibility index (Phi) is 2.68. The van der Waals surface area contributed by atoms with Crippen LogP contribution in [0.25, 0.3) is 0 Å². The van der Waals surface area contributed by atoms with Crippen LogP contribution in [0.3, 0.4) is 0 Å². The molecule has 0 aliphatic rings. The summed E-state index contributed by atoms with van der Waals surface area (Å²) in [4.78, 5) is 12.3. The van der Waals surface area contributed by atoms with Crippen LogP contribution in [0.15, 0.2) is 6.07 Å². The lowest BCUT2D eigenvalue weighted by molar-refractivity contribution is -0.390. The van der Waals surface area contributed by atoms with Crippen LogP contribution >= 0.6 is 0 Å². The first kappa shape index (κ1) is 10.4. The molecule has 1 heterocycles. The second-order valence-corrected chi connectivity index (χ2v) is 2.55. The highest BCUT2D eigenvalue weighted by molar-refractivity contribution is 5.33. The molecule has 1 rings (SSSR count). The molecule has 0 amide bonds. The number of rotatable bonds is 2. The number of nitro groups is 1. The largest absolute Gasteiger partial charge is 0.367 e. The van der Waals surface area contributed by atoms with Crippen molar-refractivity contribution in [2.75, 3.05) is 0 Å². The van der Waals surface area contributed by atoms with Crippen molar-refractivity contribution in [1.29, 1.82) is 0 Å². The molecule has 1 aromatic rings. The van der Waals surface area contributed by atoms with E-state index in [-0.39, 0.29) is 5.56 Å². The summed E-state index contributed by atoms with van der Waals surface area (Å²) >= 11 is 0. The van der Waals surface area contributed by atoms with Crippen LogP contribution in [0.1, 0.15) is 17.7 Å². The molecule has 0 bridgehead atoms. The Balaban J connectivity index is 3.34. The first-order valence-electron chi connectivity index (χ1n) is 3.53. The van der Waals surface area contributed by atoms with Crippen LogP contribution in [0, 0.1) is 22.9 Å². The van der Waals surface area contributed by atoms with E-state index in [1.54, 1.807) is 0 Å². The number of alkyl halides is 2. The first-order valence-corrected chi connectivity index (χ1v) is 3.53. The molecular weight excluding hydrogens is 201 g/mol. The minimum atomic E-state index is -3.16. The number of nitrogens with zero attached hydrogens (tertiary/aromatic N) is 2. The molecule has 0 unspecified atom stereocenters. The Morgan fingerprint density at radius 1 is 1.57 bits per heavy atom. The molecule has 0 radical (unpaired) electrons. The van der Waals surface area contributed by atoms with Crippen molar-refractivity contribution < 1.29 is 18.1 Å². The van der Waals surface area contributed by atoms with E-state index in [0.29, 0.717) is 6.07 Å². The van der Waals surface area contributed by atoms with Crippen LogP contribution in [0.5, 0.6) is 0 Å². The summed E-state index contributed by atoms with van der Waals surface area (Å²) in [6.45, 7) is 1.23. The van der Waals surface area contributed by atoms with Gasteiger partial charge in [-0.05, 0) is 22.9 Å². The van der Waals surface area contributed by atoms with E-state index in [0.717, 1.165) is 0 Å². The predicted octanol–water partition coefficient (Wildman–Crippen LogP) is 2.37.